The Balaban J connectivity index is 2.26. The minimum atomic E-state index is 0.0965. The summed E-state index contributed by atoms with van der Waals surface area (Å²) in [7, 11) is 0. The number of hydrogen-bond acceptors (Lipinski definition) is 2. The molecule has 0 atom stereocenters. The van der Waals surface area contributed by atoms with Gasteiger partial charge in [-0.05, 0) is 29.9 Å². The molecule has 3 heteroatoms. The molecule has 1 aromatic carbocycles. The van der Waals surface area contributed by atoms with Crippen molar-refractivity contribution >= 4 is 5.91 Å². The molecule has 0 fully saturated rings. The maximum absolute atomic E-state index is 11.7. The molecule has 0 aliphatic heterocycles. The highest BCUT2D eigenvalue weighted by Gasteiger charge is 2.03. The Kier molecular flexibility index (Phi) is 6.44. The van der Waals surface area contributed by atoms with Gasteiger partial charge < -0.3 is 11.1 Å². The number of nitrogens with one attached hydrogen (secondary N) is 1. The minimum Gasteiger partial charge on any atom is -0.356 e. The van der Waals surface area contributed by atoms with Crippen molar-refractivity contribution in [2.24, 2.45) is 11.7 Å². The summed E-state index contributed by atoms with van der Waals surface area (Å²) in [5.74, 6) is 0.796. The summed E-state index contributed by atoms with van der Waals surface area (Å²) in [5, 5.41) is 2.95. The number of rotatable bonds is 7. The molecule has 3 N–H and O–H groups in total. The van der Waals surface area contributed by atoms with Gasteiger partial charge in [-0.15, -0.1) is 0 Å². The van der Waals surface area contributed by atoms with Gasteiger partial charge in [0.15, 0.2) is 0 Å². The van der Waals surface area contributed by atoms with E-state index in [1.807, 2.05) is 24.3 Å². The largest absolute Gasteiger partial charge is 0.356 e. The Morgan fingerprint density at radius 2 is 1.83 bits per heavy atom. The van der Waals surface area contributed by atoms with Crippen LogP contribution < -0.4 is 11.1 Å². The number of carbonyl (C=O) groups is 1. The lowest BCUT2D eigenvalue weighted by Crippen LogP contribution is -2.26. The van der Waals surface area contributed by atoms with Crippen LogP contribution in [0.25, 0.3) is 0 Å². The third-order valence-corrected chi connectivity index (χ3v) is 2.90. The van der Waals surface area contributed by atoms with Crippen molar-refractivity contribution in [2.45, 2.75) is 39.7 Å². The summed E-state index contributed by atoms with van der Waals surface area (Å²) in [6.07, 6.45) is 2.66. The Hall–Kier alpha value is -1.35. The van der Waals surface area contributed by atoms with Gasteiger partial charge in [-0.25, -0.2) is 0 Å². The molecular weight excluding hydrogens is 224 g/mol. The van der Waals surface area contributed by atoms with E-state index in [4.69, 9.17) is 5.73 Å². The molecule has 1 rings (SSSR count). The van der Waals surface area contributed by atoms with E-state index < -0.39 is 0 Å². The minimum absolute atomic E-state index is 0.0965. The Bertz CT molecular complexity index is 357. The van der Waals surface area contributed by atoms with Crippen LogP contribution in [0.1, 0.15) is 37.8 Å². The van der Waals surface area contributed by atoms with Crippen molar-refractivity contribution in [3.63, 3.8) is 0 Å². The molecule has 100 valence electrons. The highest BCUT2D eigenvalue weighted by Crippen LogP contribution is 2.05. The van der Waals surface area contributed by atoms with Crippen molar-refractivity contribution in [1.82, 2.24) is 5.32 Å². The van der Waals surface area contributed by atoms with Crippen LogP contribution in [0.15, 0.2) is 24.3 Å². The van der Waals surface area contributed by atoms with Crippen LogP contribution in [0.3, 0.4) is 0 Å². The summed E-state index contributed by atoms with van der Waals surface area (Å²) in [6, 6.07) is 7.88. The quantitative estimate of drug-likeness (QED) is 0.727. The zero-order valence-electron chi connectivity index (χ0n) is 11.4. The number of nitrogens with two attached hydrogens (primary N) is 1. The third kappa shape index (κ3) is 5.82. The lowest BCUT2D eigenvalue weighted by molar-refractivity contribution is -0.120. The molecule has 0 aliphatic carbocycles. The second kappa shape index (κ2) is 7.88. The van der Waals surface area contributed by atoms with Gasteiger partial charge in [0.05, 0.1) is 6.42 Å². The standard InChI is InChI=1S/C15H24N2O/c1-12(2)4-3-9-17-15(18)10-13-5-7-14(11-16)8-6-13/h5-8,12H,3-4,9-11,16H2,1-2H3,(H,17,18). The van der Waals surface area contributed by atoms with E-state index in [2.05, 4.69) is 19.2 Å². The number of hydrogen-bond donors (Lipinski definition) is 2. The zero-order valence-corrected chi connectivity index (χ0v) is 11.4. The Morgan fingerprint density at radius 3 is 2.39 bits per heavy atom. The average molecular weight is 248 g/mol. The first kappa shape index (κ1) is 14.7. The van der Waals surface area contributed by atoms with Gasteiger partial charge in [-0.2, -0.15) is 0 Å². The molecule has 0 bridgehead atoms. The van der Waals surface area contributed by atoms with Crippen LogP contribution in [-0.4, -0.2) is 12.5 Å². The molecule has 1 aromatic rings. The maximum Gasteiger partial charge on any atom is 0.224 e. The van der Waals surface area contributed by atoms with Crippen LogP contribution in [0.5, 0.6) is 0 Å². The van der Waals surface area contributed by atoms with E-state index in [0.717, 1.165) is 30.5 Å². The summed E-state index contributed by atoms with van der Waals surface area (Å²) in [5.41, 5.74) is 7.66. The number of amides is 1. The second-order valence-electron chi connectivity index (χ2n) is 5.08. The molecule has 0 unspecified atom stereocenters. The van der Waals surface area contributed by atoms with E-state index >= 15 is 0 Å². The Morgan fingerprint density at radius 1 is 1.22 bits per heavy atom. The fourth-order valence-corrected chi connectivity index (χ4v) is 1.78. The molecule has 0 radical (unpaired) electrons. The third-order valence-electron chi connectivity index (χ3n) is 2.90. The van der Waals surface area contributed by atoms with Crippen LogP contribution in [-0.2, 0) is 17.8 Å². The first-order chi connectivity index (χ1) is 8.61. The van der Waals surface area contributed by atoms with Gasteiger partial charge in [0.1, 0.15) is 0 Å². The predicted molar refractivity (Wildman–Crippen MR) is 75.1 cm³/mol. The summed E-state index contributed by atoms with van der Waals surface area (Å²) < 4.78 is 0. The van der Waals surface area contributed by atoms with Crippen LogP contribution >= 0.6 is 0 Å². The molecule has 3 nitrogen and oxygen atoms in total. The first-order valence-electron chi connectivity index (χ1n) is 6.66. The highest BCUT2D eigenvalue weighted by atomic mass is 16.1. The van der Waals surface area contributed by atoms with E-state index in [1.54, 1.807) is 0 Å². The lowest BCUT2D eigenvalue weighted by atomic mass is 10.1. The van der Waals surface area contributed by atoms with Crippen molar-refractivity contribution in [1.29, 1.82) is 0 Å². The summed E-state index contributed by atoms with van der Waals surface area (Å²) in [6.45, 7) is 5.71. The van der Waals surface area contributed by atoms with Gasteiger partial charge in [0, 0.05) is 13.1 Å². The van der Waals surface area contributed by atoms with Gasteiger partial charge in [-0.3, -0.25) is 4.79 Å². The monoisotopic (exact) mass is 248 g/mol. The zero-order chi connectivity index (χ0) is 13.4. The van der Waals surface area contributed by atoms with Crippen LogP contribution in [0.2, 0.25) is 0 Å². The van der Waals surface area contributed by atoms with Crippen molar-refractivity contribution in [3.8, 4) is 0 Å². The normalized spacial score (nSPS) is 10.7. The summed E-state index contributed by atoms with van der Waals surface area (Å²) in [4.78, 5) is 11.7. The van der Waals surface area contributed by atoms with Gasteiger partial charge in [-0.1, -0.05) is 38.1 Å². The molecule has 0 saturated carbocycles. The van der Waals surface area contributed by atoms with Crippen LogP contribution in [0, 0.1) is 5.92 Å². The van der Waals surface area contributed by atoms with E-state index in [9.17, 15) is 4.79 Å². The maximum atomic E-state index is 11.7. The van der Waals surface area contributed by atoms with Crippen molar-refractivity contribution in [2.75, 3.05) is 6.54 Å². The van der Waals surface area contributed by atoms with E-state index in [0.29, 0.717) is 18.9 Å². The highest BCUT2D eigenvalue weighted by molar-refractivity contribution is 5.78. The molecule has 1 amide bonds. The first-order valence-corrected chi connectivity index (χ1v) is 6.66. The molecule has 0 saturated heterocycles. The second-order valence-corrected chi connectivity index (χ2v) is 5.08. The van der Waals surface area contributed by atoms with E-state index in [-0.39, 0.29) is 5.91 Å². The number of carbonyl (C=O) groups excluding carboxylic acids is 1. The van der Waals surface area contributed by atoms with Gasteiger partial charge >= 0.3 is 0 Å². The van der Waals surface area contributed by atoms with Crippen molar-refractivity contribution < 1.29 is 4.79 Å². The van der Waals surface area contributed by atoms with Crippen LogP contribution in [0.4, 0.5) is 0 Å². The summed E-state index contributed by atoms with van der Waals surface area (Å²) >= 11 is 0. The lowest BCUT2D eigenvalue weighted by Gasteiger charge is -2.07. The molecular formula is C15H24N2O. The molecule has 0 spiro atoms. The smallest absolute Gasteiger partial charge is 0.224 e. The van der Waals surface area contributed by atoms with E-state index in [1.165, 1.54) is 0 Å². The topological polar surface area (TPSA) is 55.1 Å². The molecule has 0 heterocycles. The van der Waals surface area contributed by atoms with Gasteiger partial charge in [0.2, 0.25) is 5.91 Å². The molecule has 0 aromatic heterocycles. The fraction of sp³-hybridized carbons (Fsp3) is 0.533. The Labute approximate surface area is 110 Å². The molecule has 0 aliphatic rings. The van der Waals surface area contributed by atoms with Crippen molar-refractivity contribution in [3.05, 3.63) is 35.4 Å². The fourth-order valence-electron chi connectivity index (χ4n) is 1.78. The average Bonchev–Trinajstić information content (AvgIpc) is 2.35. The molecule has 18 heavy (non-hydrogen) atoms. The SMILES string of the molecule is CC(C)CCCNC(=O)Cc1ccc(CN)cc1. The number of benzene rings is 1. The predicted octanol–water partition coefficient (Wildman–Crippen LogP) is 2.24. The van der Waals surface area contributed by atoms with Gasteiger partial charge in [0.25, 0.3) is 0 Å².